The number of aromatic amines is 1. The van der Waals surface area contributed by atoms with Crippen molar-refractivity contribution in [2.75, 3.05) is 17.2 Å². The van der Waals surface area contributed by atoms with Crippen molar-refractivity contribution in [1.29, 1.82) is 0 Å². The average Bonchev–Trinajstić information content (AvgIpc) is 2.74. The van der Waals surface area contributed by atoms with Crippen LogP contribution in [0.5, 0.6) is 0 Å². The van der Waals surface area contributed by atoms with Crippen LogP contribution in [0.4, 0.5) is 11.6 Å². The summed E-state index contributed by atoms with van der Waals surface area (Å²) in [5.41, 5.74) is 7.60. The van der Waals surface area contributed by atoms with Gasteiger partial charge in [0.2, 0.25) is 11.8 Å². The number of fused-ring (bicyclic) bond motifs is 1. The third-order valence-corrected chi connectivity index (χ3v) is 3.31. The Morgan fingerprint density at radius 3 is 2.95 bits per heavy atom. The van der Waals surface area contributed by atoms with Gasteiger partial charge >= 0.3 is 0 Å². The van der Waals surface area contributed by atoms with Gasteiger partial charge in [0.15, 0.2) is 0 Å². The fraction of sp³-hybridized carbons (Fsp3) is 0.308. The summed E-state index contributed by atoms with van der Waals surface area (Å²) in [7, 11) is 0. The number of hydrogen-bond donors (Lipinski definition) is 2. The second kappa shape index (κ2) is 4.72. The standard InChI is InChI=1S/C13H15N5O/c14-13-15-11(16-17-13)12(19)18-8-4-3-6-9-5-1-2-7-10(9)18/h1-2,5,7H,3-4,6,8H2,(H3,14,15,16,17). The number of carbonyl (C=O) groups is 1. The zero-order chi connectivity index (χ0) is 13.2. The molecular weight excluding hydrogens is 242 g/mol. The lowest BCUT2D eigenvalue weighted by Crippen LogP contribution is -2.32. The highest BCUT2D eigenvalue weighted by atomic mass is 16.2. The van der Waals surface area contributed by atoms with Gasteiger partial charge in [-0.05, 0) is 30.9 Å². The third kappa shape index (κ3) is 2.16. The van der Waals surface area contributed by atoms with E-state index >= 15 is 0 Å². The van der Waals surface area contributed by atoms with E-state index in [9.17, 15) is 4.79 Å². The van der Waals surface area contributed by atoms with Crippen LogP contribution in [-0.4, -0.2) is 27.6 Å². The number of rotatable bonds is 1. The number of nitrogens with two attached hydrogens (primary N) is 1. The third-order valence-electron chi connectivity index (χ3n) is 3.31. The topological polar surface area (TPSA) is 87.9 Å². The summed E-state index contributed by atoms with van der Waals surface area (Å²) in [6, 6.07) is 7.98. The molecule has 1 aromatic heterocycles. The SMILES string of the molecule is Nc1n[nH]c(C(=O)N2CCCCc3ccccc32)n1. The molecule has 0 atom stereocenters. The van der Waals surface area contributed by atoms with Gasteiger partial charge in [-0.3, -0.25) is 9.89 Å². The number of benzene rings is 1. The van der Waals surface area contributed by atoms with Gasteiger partial charge in [0.25, 0.3) is 5.91 Å². The predicted molar refractivity (Wildman–Crippen MR) is 71.9 cm³/mol. The molecule has 1 aliphatic rings. The van der Waals surface area contributed by atoms with Gasteiger partial charge < -0.3 is 10.6 Å². The van der Waals surface area contributed by atoms with Crippen molar-refractivity contribution < 1.29 is 4.79 Å². The minimum atomic E-state index is -0.182. The molecule has 0 fully saturated rings. The van der Waals surface area contributed by atoms with Crippen molar-refractivity contribution in [3.8, 4) is 0 Å². The van der Waals surface area contributed by atoms with Crippen LogP contribution in [-0.2, 0) is 6.42 Å². The zero-order valence-corrected chi connectivity index (χ0v) is 10.5. The summed E-state index contributed by atoms with van der Waals surface area (Å²) in [5, 5.41) is 6.28. The molecule has 3 N–H and O–H groups in total. The molecule has 19 heavy (non-hydrogen) atoms. The number of hydrogen-bond acceptors (Lipinski definition) is 4. The largest absolute Gasteiger partial charge is 0.366 e. The van der Waals surface area contributed by atoms with Crippen LogP contribution in [0.25, 0.3) is 0 Å². The van der Waals surface area contributed by atoms with Gasteiger partial charge in [-0.25, -0.2) is 0 Å². The van der Waals surface area contributed by atoms with Crippen LogP contribution in [0, 0.1) is 0 Å². The first-order chi connectivity index (χ1) is 9.25. The molecule has 0 saturated heterocycles. The number of anilines is 2. The summed E-state index contributed by atoms with van der Waals surface area (Å²) in [5.74, 6) is 0.0965. The van der Waals surface area contributed by atoms with Crippen LogP contribution >= 0.6 is 0 Å². The normalized spacial score (nSPS) is 14.8. The first-order valence-electron chi connectivity index (χ1n) is 6.33. The minimum Gasteiger partial charge on any atom is -0.366 e. The highest BCUT2D eigenvalue weighted by molar-refractivity contribution is 6.04. The van der Waals surface area contributed by atoms with Gasteiger partial charge in [-0.1, -0.05) is 18.2 Å². The zero-order valence-electron chi connectivity index (χ0n) is 10.5. The lowest BCUT2D eigenvalue weighted by atomic mass is 10.1. The van der Waals surface area contributed by atoms with E-state index in [0.29, 0.717) is 6.54 Å². The Morgan fingerprint density at radius 2 is 2.16 bits per heavy atom. The molecule has 0 bridgehead atoms. The number of carbonyl (C=O) groups excluding carboxylic acids is 1. The van der Waals surface area contributed by atoms with Gasteiger partial charge in [0.05, 0.1) is 0 Å². The Hall–Kier alpha value is -2.37. The average molecular weight is 257 g/mol. The van der Waals surface area contributed by atoms with Crippen LogP contribution in [0.15, 0.2) is 24.3 Å². The van der Waals surface area contributed by atoms with Gasteiger partial charge in [0, 0.05) is 12.2 Å². The molecule has 1 aromatic carbocycles. The Balaban J connectivity index is 1.98. The number of nitrogen functional groups attached to an aromatic ring is 1. The van der Waals surface area contributed by atoms with Crippen molar-refractivity contribution >= 4 is 17.5 Å². The predicted octanol–water partition coefficient (Wildman–Crippen LogP) is 1.37. The number of aromatic nitrogens is 3. The summed E-state index contributed by atoms with van der Waals surface area (Å²) in [6.45, 7) is 0.691. The number of nitrogens with one attached hydrogen (secondary N) is 1. The van der Waals surface area contributed by atoms with Crippen molar-refractivity contribution in [2.45, 2.75) is 19.3 Å². The molecule has 1 aliphatic heterocycles. The van der Waals surface area contributed by atoms with Crippen LogP contribution in [0.1, 0.15) is 29.0 Å². The monoisotopic (exact) mass is 257 g/mol. The maximum Gasteiger partial charge on any atom is 0.295 e. The first-order valence-corrected chi connectivity index (χ1v) is 6.33. The Kier molecular flexibility index (Phi) is 2.91. The second-order valence-corrected chi connectivity index (χ2v) is 4.58. The van der Waals surface area contributed by atoms with E-state index in [1.54, 1.807) is 4.90 Å². The van der Waals surface area contributed by atoms with E-state index in [2.05, 4.69) is 21.2 Å². The van der Waals surface area contributed by atoms with Gasteiger partial charge in [-0.2, -0.15) is 4.98 Å². The molecule has 0 spiro atoms. The van der Waals surface area contributed by atoms with Gasteiger partial charge in [-0.15, -0.1) is 5.10 Å². The summed E-state index contributed by atoms with van der Waals surface area (Å²) < 4.78 is 0. The van der Waals surface area contributed by atoms with E-state index in [0.717, 1.165) is 24.9 Å². The molecule has 0 radical (unpaired) electrons. The van der Waals surface area contributed by atoms with Crippen molar-refractivity contribution in [2.24, 2.45) is 0 Å². The van der Waals surface area contributed by atoms with Crippen molar-refractivity contribution in [3.05, 3.63) is 35.7 Å². The summed E-state index contributed by atoms with van der Waals surface area (Å²) >= 11 is 0. The van der Waals surface area contributed by atoms with Crippen molar-refractivity contribution in [3.63, 3.8) is 0 Å². The molecule has 98 valence electrons. The Labute approximate surface area is 110 Å². The Morgan fingerprint density at radius 1 is 1.32 bits per heavy atom. The maximum atomic E-state index is 12.5. The van der Waals surface area contributed by atoms with E-state index in [4.69, 9.17) is 5.73 Å². The van der Waals surface area contributed by atoms with Gasteiger partial charge in [0.1, 0.15) is 0 Å². The molecule has 2 aromatic rings. The van der Waals surface area contributed by atoms with Crippen LogP contribution < -0.4 is 10.6 Å². The molecular formula is C13H15N5O. The molecule has 1 amide bonds. The van der Waals surface area contributed by atoms with E-state index in [-0.39, 0.29) is 17.7 Å². The summed E-state index contributed by atoms with van der Waals surface area (Å²) in [6.07, 6.45) is 3.06. The smallest absolute Gasteiger partial charge is 0.295 e. The molecule has 2 heterocycles. The fourth-order valence-corrected chi connectivity index (χ4v) is 2.40. The molecule has 0 aliphatic carbocycles. The maximum absolute atomic E-state index is 12.5. The second-order valence-electron chi connectivity index (χ2n) is 4.58. The first kappa shape index (κ1) is 11.7. The lowest BCUT2D eigenvalue weighted by Gasteiger charge is -2.21. The molecule has 3 rings (SSSR count). The highest BCUT2D eigenvalue weighted by Crippen LogP contribution is 2.26. The summed E-state index contributed by atoms with van der Waals surface area (Å²) in [4.78, 5) is 18.1. The quantitative estimate of drug-likeness (QED) is 0.807. The molecule has 6 heteroatoms. The number of amides is 1. The highest BCUT2D eigenvalue weighted by Gasteiger charge is 2.24. The van der Waals surface area contributed by atoms with E-state index < -0.39 is 0 Å². The number of H-pyrrole nitrogens is 1. The molecule has 0 unspecified atom stereocenters. The minimum absolute atomic E-state index is 0.0893. The molecule has 0 saturated carbocycles. The van der Waals surface area contributed by atoms with E-state index in [1.807, 2.05) is 18.2 Å². The number of para-hydroxylation sites is 1. The number of nitrogens with zero attached hydrogens (tertiary/aromatic N) is 3. The van der Waals surface area contributed by atoms with E-state index in [1.165, 1.54) is 5.56 Å². The molecule has 6 nitrogen and oxygen atoms in total. The Bertz CT molecular complexity index is 607. The number of aryl methyl sites for hydroxylation is 1. The van der Waals surface area contributed by atoms with Crippen LogP contribution in [0.3, 0.4) is 0 Å². The van der Waals surface area contributed by atoms with Crippen molar-refractivity contribution in [1.82, 2.24) is 15.2 Å². The van der Waals surface area contributed by atoms with Crippen LogP contribution in [0.2, 0.25) is 0 Å². The lowest BCUT2D eigenvalue weighted by molar-refractivity contribution is 0.0977. The fourth-order valence-electron chi connectivity index (χ4n) is 2.40.